The van der Waals surface area contributed by atoms with Crippen LogP contribution >= 0.6 is 0 Å². The average Bonchev–Trinajstić information content (AvgIpc) is 3.53. The molecule has 0 spiro atoms. The zero-order valence-corrected chi connectivity index (χ0v) is 25.0. The molecule has 34 heavy (non-hydrogen) atoms. The van der Waals surface area contributed by atoms with Crippen LogP contribution in [0.5, 0.6) is 0 Å². The first kappa shape index (κ1) is 28.4. The van der Waals surface area contributed by atoms with Gasteiger partial charge in [-0.1, -0.05) is 78.3 Å². The summed E-state index contributed by atoms with van der Waals surface area (Å²) in [6, 6.07) is 0. The molecule has 12 atom stereocenters. The maximum atomic E-state index is 2.94. The maximum Gasteiger partial charge on any atom is 1.00 e. The van der Waals surface area contributed by atoms with Crippen LogP contribution in [0.3, 0.4) is 0 Å². The zero-order chi connectivity index (χ0) is 22.0. The molecular weight excluding hydrogens is 414 g/mol. The van der Waals surface area contributed by atoms with E-state index in [9.17, 15) is 0 Å². The van der Waals surface area contributed by atoms with E-state index in [1.165, 1.54) is 17.5 Å². The largest absolute Gasteiger partial charge is 1.00 e. The molecule has 6 aliphatic rings. The Bertz CT molecular complexity index is 678. The summed E-state index contributed by atoms with van der Waals surface area (Å²) in [6.45, 7) is 11.0. The van der Waals surface area contributed by atoms with E-state index in [0.717, 1.165) is 59.2 Å². The third-order valence-electron chi connectivity index (χ3n) is 13.7. The fraction of sp³-hybridized carbons (Fsp3) is 1.00. The van der Waals surface area contributed by atoms with Crippen LogP contribution in [0.15, 0.2) is 0 Å². The summed E-state index contributed by atoms with van der Waals surface area (Å²) in [5.74, 6) is 11.2. The van der Waals surface area contributed by atoms with Crippen molar-refractivity contribution in [2.75, 3.05) is 0 Å². The molecule has 0 N–H and O–H groups in total. The van der Waals surface area contributed by atoms with E-state index >= 15 is 0 Å². The third kappa shape index (κ3) is 4.70. The number of rotatable bonds is 4. The predicted molar refractivity (Wildman–Crippen MR) is 140 cm³/mol. The Morgan fingerprint density at radius 3 is 1.97 bits per heavy atom. The van der Waals surface area contributed by atoms with Crippen LogP contribution in [0.2, 0.25) is 24.2 Å². The van der Waals surface area contributed by atoms with Crippen molar-refractivity contribution in [2.45, 2.75) is 134 Å². The van der Waals surface area contributed by atoms with E-state index in [-0.39, 0.29) is 37.7 Å². The van der Waals surface area contributed by atoms with Crippen LogP contribution in [-0.2, 0) is 0 Å². The molecule has 0 bridgehead atoms. The van der Waals surface area contributed by atoms with Gasteiger partial charge in [0.05, 0.1) is 8.07 Å². The second kappa shape index (κ2) is 11.3. The fourth-order valence-electron chi connectivity index (χ4n) is 12.0. The van der Waals surface area contributed by atoms with E-state index < -0.39 is 8.07 Å². The first-order valence-corrected chi connectivity index (χ1v) is 18.6. The molecule has 6 saturated carbocycles. The van der Waals surface area contributed by atoms with Gasteiger partial charge in [-0.05, 0) is 115 Å². The Hall–Kier alpha value is 1.41. The van der Waals surface area contributed by atoms with Gasteiger partial charge in [-0.15, -0.1) is 0 Å². The van der Waals surface area contributed by atoms with Gasteiger partial charge in [0, 0.05) is 0 Å². The number of hydrogen-bond acceptors (Lipinski definition) is 0. The second-order valence-corrected chi connectivity index (χ2v) is 19.9. The zero-order valence-electron chi connectivity index (χ0n) is 24.0. The molecule has 182 valence electrons. The van der Waals surface area contributed by atoms with Crippen molar-refractivity contribution in [1.29, 1.82) is 0 Å². The smallest absolute Gasteiger partial charge is 0.0689 e. The summed E-state index contributed by atoms with van der Waals surface area (Å²) >= 11 is 0. The summed E-state index contributed by atoms with van der Waals surface area (Å²) in [7, 11) is -1.25. The van der Waals surface area contributed by atoms with Crippen LogP contribution < -0.4 is 37.7 Å². The van der Waals surface area contributed by atoms with Crippen LogP contribution in [0.4, 0.5) is 0 Å². The summed E-state index contributed by atoms with van der Waals surface area (Å²) < 4.78 is 0. The predicted octanol–water partition coefficient (Wildman–Crippen LogP) is 3.58. The number of fused-ring (bicyclic) bond motifs is 5. The Balaban J connectivity index is 0.00000137. The minimum atomic E-state index is -1.25. The van der Waals surface area contributed by atoms with Crippen LogP contribution in [0.1, 0.15) is 110 Å². The molecule has 0 saturated heterocycles. The Labute approximate surface area is 238 Å². The molecule has 6 fully saturated rings. The standard InChI is InChI=1S/C31H54Si.2Li/c1-5-20(2)27-19-31(29-18-23-11-8-10-22(23)17-28(27)29)32(3,4)30-16-15-25-24-12-7-6-9-21(24)13-14-26(25)30;;/h20-31H,5-19H2,1-4H3;;/q;2*+1. The molecule has 6 aliphatic carbocycles. The van der Waals surface area contributed by atoms with Gasteiger partial charge in [0.1, 0.15) is 0 Å². The molecule has 0 nitrogen and oxygen atoms in total. The van der Waals surface area contributed by atoms with Crippen LogP contribution in [-0.4, -0.2) is 8.07 Å². The molecule has 12 unspecified atom stereocenters. The Morgan fingerprint density at radius 1 is 0.588 bits per heavy atom. The second-order valence-electron chi connectivity index (χ2n) is 14.8. The van der Waals surface area contributed by atoms with Gasteiger partial charge >= 0.3 is 37.7 Å². The monoisotopic (exact) mass is 468 g/mol. The molecule has 0 aromatic rings. The topological polar surface area (TPSA) is 0 Å². The van der Waals surface area contributed by atoms with Crippen molar-refractivity contribution in [2.24, 2.45) is 59.2 Å². The Morgan fingerprint density at radius 2 is 1.24 bits per heavy atom. The maximum absolute atomic E-state index is 2.94. The van der Waals surface area contributed by atoms with Crippen LogP contribution in [0.25, 0.3) is 0 Å². The van der Waals surface area contributed by atoms with Gasteiger partial charge in [-0.3, -0.25) is 0 Å². The first-order valence-electron chi connectivity index (χ1n) is 15.5. The van der Waals surface area contributed by atoms with Crippen molar-refractivity contribution >= 4 is 8.07 Å². The van der Waals surface area contributed by atoms with E-state index in [1.807, 2.05) is 0 Å². The third-order valence-corrected chi connectivity index (χ3v) is 18.9. The molecule has 0 aromatic carbocycles. The van der Waals surface area contributed by atoms with Crippen molar-refractivity contribution in [3.05, 3.63) is 0 Å². The molecule has 0 radical (unpaired) electrons. The van der Waals surface area contributed by atoms with Crippen molar-refractivity contribution in [3.63, 3.8) is 0 Å². The minimum absolute atomic E-state index is 0. The van der Waals surface area contributed by atoms with Gasteiger partial charge in [0.25, 0.3) is 0 Å². The van der Waals surface area contributed by atoms with Gasteiger partial charge in [0.15, 0.2) is 0 Å². The van der Waals surface area contributed by atoms with E-state index in [0.29, 0.717) is 0 Å². The minimum Gasteiger partial charge on any atom is -0.0689 e. The summed E-state index contributed by atoms with van der Waals surface area (Å²) in [6.07, 6.45) is 23.9. The van der Waals surface area contributed by atoms with E-state index in [4.69, 9.17) is 0 Å². The molecule has 0 aliphatic heterocycles. The number of hydrogen-bond donors (Lipinski definition) is 0. The summed E-state index contributed by atoms with van der Waals surface area (Å²) in [4.78, 5) is 0. The van der Waals surface area contributed by atoms with E-state index in [1.54, 1.807) is 89.9 Å². The van der Waals surface area contributed by atoms with Crippen LogP contribution in [0, 0.1) is 59.2 Å². The SMILES string of the molecule is CCC(C)C1CC([Si](C)(C)C2CCC3C4CCCCC4CCC32)C2CC3CCCC3CC12.[Li+].[Li+]. The molecule has 0 amide bonds. The fourth-order valence-corrected chi connectivity index (χ4v) is 17.3. The van der Waals surface area contributed by atoms with Crippen molar-refractivity contribution in [3.8, 4) is 0 Å². The summed E-state index contributed by atoms with van der Waals surface area (Å²) in [5, 5.41) is 0. The summed E-state index contributed by atoms with van der Waals surface area (Å²) in [5.41, 5.74) is 2.35. The Kier molecular flexibility index (Phi) is 9.41. The normalized spacial score (nSPS) is 48.5. The average molecular weight is 469 g/mol. The molecule has 3 heteroatoms. The molecule has 0 aromatic heterocycles. The van der Waals surface area contributed by atoms with Gasteiger partial charge in [0.2, 0.25) is 0 Å². The van der Waals surface area contributed by atoms with Crippen molar-refractivity contribution < 1.29 is 37.7 Å². The molecule has 0 heterocycles. The molecule has 6 rings (SSSR count). The quantitative estimate of drug-likeness (QED) is 0.554. The van der Waals surface area contributed by atoms with Gasteiger partial charge in [-0.25, -0.2) is 0 Å². The van der Waals surface area contributed by atoms with Gasteiger partial charge in [-0.2, -0.15) is 0 Å². The van der Waals surface area contributed by atoms with Crippen molar-refractivity contribution in [1.82, 2.24) is 0 Å². The molecular formula is C31H54Li2Si+2. The van der Waals surface area contributed by atoms with Gasteiger partial charge < -0.3 is 0 Å². The van der Waals surface area contributed by atoms with E-state index in [2.05, 4.69) is 26.9 Å². The first-order chi connectivity index (χ1) is 15.5.